The van der Waals surface area contributed by atoms with Crippen LogP contribution in [-0.4, -0.2) is 33.9 Å². The van der Waals surface area contributed by atoms with Gasteiger partial charge >= 0.3 is 0 Å². The minimum atomic E-state index is 0.0218. The summed E-state index contributed by atoms with van der Waals surface area (Å²) in [5, 5.41) is 6.69. The molecule has 3 aromatic rings. The number of hydrogen-bond donors (Lipinski definition) is 3. The van der Waals surface area contributed by atoms with E-state index in [1.807, 2.05) is 42.5 Å². The van der Waals surface area contributed by atoms with Crippen LogP contribution in [0.25, 0.3) is 22.4 Å². The van der Waals surface area contributed by atoms with Crippen molar-refractivity contribution in [2.75, 3.05) is 0 Å². The summed E-state index contributed by atoms with van der Waals surface area (Å²) in [6, 6.07) is 14.1. The van der Waals surface area contributed by atoms with Crippen molar-refractivity contribution < 1.29 is 9.59 Å². The van der Waals surface area contributed by atoms with E-state index in [-0.39, 0.29) is 11.8 Å². The van der Waals surface area contributed by atoms with Crippen LogP contribution < -0.4 is 10.6 Å². The first kappa shape index (κ1) is 22.8. The van der Waals surface area contributed by atoms with E-state index in [1.165, 1.54) is 51.4 Å². The molecule has 6 aliphatic rings. The van der Waals surface area contributed by atoms with Gasteiger partial charge in [0.2, 0.25) is 0 Å². The number of carbonyl (C=O) groups is 2. The normalized spacial score (nSPS) is 34.6. The predicted octanol–water partition coefficient (Wildman–Crippen LogP) is 5.70. The monoisotopic (exact) mass is 508 g/mol. The lowest BCUT2D eigenvalue weighted by Crippen LogP contribution is -2.55. The molecular formula is C32H36N4O2. The van der Waals surface area contributed by atoms with Gasteiger partial charge in [-0.15, -0.1) is 0 Å². The molecule has 9 rings (SSSR count). The van der Waals surface area contributed by atoms with Gasteiger partial charge in [0.15, 0.2) is 0 Å². The maximum absolute atomic E-state index is 13.2. The van der Waals surface area contributed by atoms with E-state index in [1.54, 1.807) is 0 Å². The lowest BCUT2D eigenvalue weighted by molar-refractivity contribution is -0.0119. The zero-order chi connectivity index (χ0) is 25.4. The average Bonchev–Trinajstić information content (AvgIpc) is 3.66. The summed E-state index contributed by atoms with van der Waals surface area (Å²) in [7, 11) is 0. The summed E-state index contributed by atoms with van der Waals surface area (Å²) in [4.78, 5) is 34.2. The number of amides is 2. The Morgan fingerprint density at radius 2 is 1.39 bits per heavy atom. The van der Waals surface area contributed by atoms with Gasteiger partial charge in [-0.1, -0.05) is 18.6 Å². The van der Waals surface area contributed by atoms with Gasteiger partial charge in [0.1, 0.15) is 5.82 Å². The highest BCUT2D eigenvalue weighted by molar-refractivity contribution is 5.98. The summed E-state index contributed by atoms with van der Waals surface area (Å²) in [5.74, 6) is 5.40. The molecule has 6 aliphatic carbocycles. The quantitative estimate of drug-likeness (QED) is 0.413. The Morgan fingerprint density at radius 1 is 0.711 bits per heavy atom. The summed E-state index contributed by atoms with van der Waals surface area (Å²) in [6.07, 6.45) is 11.6. The Kier molecular flexibility index (Phi) is 5.21. The Labute approximate surface area is 223 Å². The first-order chi connectivity index (χ1) is 18.6. The second kappa shape index (κ2) is 8.69. The number of benzene rings is 2. The molecule has 3 unspecified atom stereocenters. The van der Waals surface area contributed by atoms with E-state index >= 15 is 0 Å². The van der Waals surface area contributed by atoms with Crippen molar-refractivity contribution in [3.63, 3.8) is 0 Å². The molecule has 3 N–H and O–H groups in total. The van der Waals surface area contributed by atoms with Crippen LogP contribution in [0.5, 0.6) is 0 Å². The number of nitrogens with zero attached hydrogens (tertiary/aromatic N) is 1. The molecule has 6 heteroatoms. The van der Waals surface area contributed by atoms with Crippen molar-refractivity contribution in [3.8, 4) is 11.4 Å². The number of carbonyl (C=O) groups excluding carboxylic acids is 2. The number of H-pyrrole nitrogens is 1. The standard InChI is InChI=1S/C32H36N4O2/c37-31(35-27-15-17-1-2-22(27)10-17)21-5-3-20(4-6-21)30-33-26-8-7-23(16-28(26)34-30)32(38)36-29-24-11-18-9-19(13-24)14-25(29)12-18/h3-8,16-19,22,24-25,27,29H,1-2,9-15H2,(H,33,34)(H,35,37)(H,36,38). The average molecular weight is 509 g/mol. The molecule has 2 aromatic carbocycles. The molecule has 0 saturated heterocycles. The Morgan fingerprint density at radius 3 is 2.08 bits per heavy atom. The van der Waals surface area contributed by atoms with E-state index < -0.39 is 0 Å². The maximum Gasteiger partial charge on any atom is 0.251 e. The Bertz CT molecular complexity index is 1380. The van der Waals surface area contributed by atoms with Gasteiger partial charge in [-0.2, -0.15) is 0 Å². The number of aromatic amines is 1. The minimum absolute atomic E-state index is 0.0218. The van der Waals surface area contributed by atoms with E-state index in [2.05, 4.69) is 15.6 Å². The summed E-state index contributed by atoms with van der Waals surface area (Å²) < 4.78 is 0. The molecule has 38 heavy (non-hydrogen) atoms. The summed E-state index contributed by atoms with van der Waals surface area (Å²) in [6.45, 7) is 0. The van der Waals surface area contributed by atoms with Gasteiger partial charge in [-0.3, -0.25) is 9.59 Å². The minimum Gasteiger partial charge on any atom is -0.349 e. The highest BCUT2D eigenvalue weighted by Gasteiger charge is 2.48. The van der Waals surface area contributed by atoms with E-state index in [9.17, 15) is 9.59 Å². The Hall–Kier alpha value is -3.15. The molecule has 6 fully saturated rings. The molecule has 6 nitrogen and oxygen atoms in total. The molecule has 0 aliphatic heterocycles. The molecule has 0 spiro atoms. The van der Waals surface area contributed by atoms with Crippen LogP contribution >= 0.6 is 0 Å². The second-order valence-electron chi connectivity index (χ2n) is 13.1. The van der Waals surface area contributed by atoms with Gasteiger partial charge < -0.3 is 15.6 Å². The molecular weight excluding hydrogens is 472 g/mol. The van der Waals surface area contributed by atoms with Crippen LogP contribution in [-0.2, 0) is 0 Å². The molecule has 3 atom stereocenters. The molecule has 196 valence electrons. The predicted molar refractivity (Wildman–Crippen MR) is 147 cm³/mol. The largest absolute Gasteiger partial charge is 0.349 e. The molecule has 0 radical (unpaired) electrons. The molecule has 6 bridgehead atoms. The lowest BCUT2D eigenvalue weighted by atomic mass is 9.54. The molecule has 1 aromatic heterocycles. The second-order valence-corrected chi connectivity index (χ2v) is 13.1. The van der Waals surface area contributed by atoms with Crippen molar-refractivity contribution in [2.24, 2.45) is 35.5 Å². The highest BCUT2D eigenvalue weighted by atomic mass is 16.2. The molecule has 1 heterocycles. The smallest absolute Gasteiger partial charge is 0.251 e. The molecule has 2 amide bonds. The lowest BCUT2D eigenvalue weighted by Gasteiger charge is -2.54. The first-order valence-corrected chi connectivity index (χ1v) is 14.8. The van der Waals surface area contributed by atoms with Gasteiger partial charge in [0.05, 0.1) is 11.0 Å². The fourth-order valence-electron chi connectivity index (χ4n) is 9.14. The zero-order valence-corrected chi connectivity index (χ0v) is 21.8. The van der Waals surface area contributed by atoms with Crippen LogP contribution in [0.4, 0.5) is 0 Å². The van der Waals surface area contributed by atoms with E-state index in [0.717, 1.165) is 46.6 Å². The summed E-state index contributed by atoms with van der Waals surface area (Å²) >= 11 is 0. The highest BCUT2D eigenvalue weighted by Crippen LogP contribution is 2.53. The van der Waals surface area contributed by atoms with E-state index in [4.69, 9.17) is 4.98 Å². The van der Waals surface area contributed by atoms with E-state index in [0.29, 0.717) is 41.0 Å². The van der Waals surface area contributed by atoms with Gasteiger partial charge in [-0.05, 0) is 117 Å². The fourth-order valence-corrected chi connectivity index (χ4v) is 9.14. The van der Waals surface area contributed by atoms with Crippen molar-refractivity contribution >= 4 is 22.8 Å². The fraction of sp³-hybridized carbons (Fsp3) is 0.531. The number of nitrogens with one attached hydrogen (secondary N) is 3. The number of fused-ring (bicyclic) bond motifs is 3. The zero-order valence-electron chi connectivity index (χ0n) is 21.8. The SMILES string of the molecule is O=C(NC1CC2CCC1C2)c1ccc(-c2nc3ccc(C(=O)NC4C5CC6CC(C5)CC4C6)cc3[nH]2)cc1. The third-order valence-electron chi connectivity index (χ3n) is 10.7. The van der Waals surface area contributed by atoms with Crippen LogP contribution in [0.1, 0.15) is 78.5 Å². The number of aromatic nitrogens is 2. The van der Waals surface area contributed by atoms with Gasteiger partial charge in [0.25, 0.3) is 11.8 Å². The van der Waals surface area contributed by atoms with Gasteiger partial charge in [0, 0.05) is 28.8 Å². The van der Waals surface area contributed by atoms with Crippen LogP contribution in [0, 0.1) is 35.5 Å². The maximum atomic E-state index is 13.2. The summed E-state index contributed by atoms with van der Waals surface area (Å²) in [5.41, 5.74) is 4.00. The van der Waals surface area contributed by atoms with Crippen molar-refractivity contribution in [1.29, 1.82) is 0 Å². The number of imidazole rings is 1. The molecule has 6 saturated carbocycles. The third-order valence-corrected chi connectivity index (χ3v) is 10.7. The van der Waals surface area contributed by atoms with Crippen molar-refractivity contribution in [2.45, 2.75) is 69.9 Å². The van der Waals surface area contributed by atoms with Crippen LogP contribution in [0.2, 0.25) is 0 Å². The number of hydrogen-bond acceptors (Lipinski definition) is 3. The van der Waals surface area contributed by atoms with Gasteiger partial charge in [-0.25, -0.2) is 4.98 Å². The Balaban J connectivity index is 0.958. The van der Waals surface area contributed by atoms with Crippen molar-refractivity contribution in [1.82, 2.24) is 20.6 Å². The van der Waals surface area contributed by atoms with Crippen LogP contribution in [0.3, 0.4) is 0 Å². The first-order valence-electron chi connectivity index (χ1n) is 14.8. The van der Waals surface area contributed by atoms with Crippen molar-refractivity contribution in [3.05, 3.63) is 53.6 Å². The van der Waals surface area contributed by atoms with Crippen LogP contribution in [0.15, 0.2) is 42.5 Å². The third kappa shape index (κ3) is 3.87. The number of rotatable bonds is 5. The topological polar surface area (TPSA) is 86.9 Å².